The fraction of sp³-hybridized carbons (Fsp3) is 0.583. The Morgan fingerprint density at radius 1 is 1.65 bits per heavy atom. The van der Waals surface area contributed by atoms with Crippen molar-refractivity contribution in [2.45, 2.75) is 26.3 Å². The molecule has 0 spiro atoms. The summed E-state index contributed by atoms with van der Waals surface area (Å²) in [7, 11) is 0. The van der Waals surface area contributed by atoms with Crippen molar-refractivity contribution < 1.29 is 0 Å². The van der Waals surface area contributed by atoms with Gasteiger partial charge in [0.05, 0.1) is 6.07 Å². The van der Waals surface area contributed by atoms with Crippen LogP contribution in [0.3, 0.4) is 0 Å². The van der Waals surface area contributed by atoms with Crippen LogP contribution >= 0.6 is 0 Å². The molecule has 1 saturated heterocycles. The van der Waals surface area contributed by atoms with E-state index in [2.05, 4.69) is 11.1 Å². The molecular formula is C12H16N4O. The van der Waals surface area contributed by atoms with E-state index in [1.54, 1.807) is 17.0 Å². The molecule has 90 valence electrons. The Morgan fingerprint density at radius 3 is 3.18 bits per heavy atom. The van der Waals surface area contributed by atoms with Crippen molar-refractivity contribution in [1.82, 2.24) is 9.55 Å². The van der Waals surface area contributed by atoms with Gasteiger partial charge in [0, 0.05) is 38.4 Å². The smallest absolute Gasteiger partial charge is 0.293 e. The van der Waals surface area contributed by atoms with Crippen molar-refractivity contribution >= 4 is 5.82 Å². The third-order valence-electron chi connectivity index (χ3n) is 3.20. The maximum absolute atomic E-state index is 12.0. The molecule has 17 heavy (non-hydrogen) atoms. The normalized spacial score (nSPS) is 19.3. The fourth-order valence-corrected chi connectivity index (χ4v) is 2.22. The lowest BCUT2D eigenvalue weighted by atomic mass is 10.1. The van der Waals surface area contributed by atoms with E-state index in [-0.39, 0.29) is 5.56 Å². The molecule has 5 nitrogen and oxygen atoms in total. The summed E-state index contributed by atoms with van der Waals surface area (Å²) >= 11 is 0. The maximum Gasteiger partial charge on any atom is 0.293 e. The van der Waals surface area contributed by atoms with Gasteiger partial charge in [0.15, 0.2) is 5.82 Å². The predicted molar refractivity (Wildman–Crippen MR) is 64.7 cm³/mol. The highest BCUT2D eigenvalue weighted by Gasteiger charge is 2.25. The van der Waals surface area contributed by atoms with Crippen LogP contribution in [0.2, 0.25) is 0 Å². The lowest BCUT2D eigenvalue weighted by Crippen LogP contribution is -2.31. The van der Waals surface area contributed by atoms with E-state index in [9.17, 15) is 4.79 Å². The lowest BCUT2D eigenvalue weighted by molar-refractivity contribution is 0.604. The van der Waals surface area contributed by atoms with Gasteiger partial charge >= 0.3 is 0 Å². The Bertz CT molecular complexity index is 488. The van der Waals surface area contributed by atoms with Gasteiger partial charge in [-0.1, -0.05) is 0 Å². The summed E-state index contributed by atoms with van der Waals surface area (Å²) in [4.78, 5) is 18.2. The molecular weight excluding hydrogens is 216 g/mol. The predicted octanol–water partition coefficient (Wildman–Crippen LogP) is 1.00. The zero-order valence-electron chi connectivity index (χ0n) is 9.96. The summed E-state index contributed by atoms with van der Waals surface area (Å²) in [5.41, 5.74) is -0.0346. The van der Waals surface area contributed by atoms with Crippen LogP contribution in [0, 0.1) is 17.2 Å². The molecule has 0 unspecified atom stereocenters. The zero-order valence-corrected chi connectivity index (χ0v) is 9.96. The molecule has 0 radical (unpaired) electrons. The Morgan fingerprint density at radius 2 is 2.47 bits per heavy atom. The average molecular weight is 232 g/mol. The molecule has 2 rings (SSSR count). The van der Waals surface area contributed by atoms with Crippen LogP contribution in [0.1, 0.15) is 19.8 Å². The van der Waals surface area contributed by atoms with Gasteiger partial charge in [-0.05, 0) is 19.3 Å². The Balaban J connectivity index is 2.20. The van der Waals surface area contributed by atoms with Crippen molar-refractivity contribution in [1.29, 1.82) is 5.26 Å². The molecule has 5 heteroatoms. The van der Waals surface area contributed by atoms with Crippen LogP contribution in [0.4, 0.5) is 5.82 Å². The molecule has 0 aliphatic carbocycles. The number of aromatic nitrogens is 2. The second kappa shape index (κ2) is 5.00. The first kappa shape index (κ1) is 11.6. The topological polar surface area (TPSA) is 61.9 Å². The second-order valence-electron chi connectivity index (χ2n) is 4.30. The number of nitriles is 1. The minimum atomic E-state index is -0.0346. The fourth-order valence-electron chi connectivity index (χ4n) is 2.22. The van der Waals surface area contributed by atoms with Crippen LogP contribution in [-0.4, -0.2) is 22.6 Å². The summed E-state index contributed by atoms with van der Waals surface area (Å²) in [6.45, 7) is 4.18. The minimum Gasteiger partial charge on any atom is -0.352 e. The van der Waals surface area contributed by atoms with Crippen LogP contribution < -0.4 is 10.5 Å². The molecule has 1 aromatic heterocycles. The highest BCUT2D eigenvalue weighted by Crippen LogP contribution is 2.21. The third kappa shape index (κ3) is 2.31. The first-order valence-corrected chi connectivity index (χ1v) is 5.93. The molecule has 0 bridgehead atoms. The summed E-state index contributed by atoms with van der Waals surface area (Å²) in [5, 5.41) is 8.67. The Hall–Kier alpha value is -1.83. The van der Waals surface area contributed by atoms with Crippen LogP contribution in [0.5, 0.6) is 0 Å². The van der Waals surface area contributed by atoms with E-state index in [0.29, 0.717) is 24.7 Å². The molecule has 1 aliphatic heterocycles. The van der Waals surface area contributed by atoms with E-state index in [0.717, 1.165) is 19.5 Å². The van der Waals surface area contributed by atoms with Crippen molar-refractivity contribution in [3.63, 3.8) is 0 Å². The summed E-state index contributed by atoms with van der Waals surface area (Å²) in [6, 6.07) is 2.19. The quantitative estimate of drug-likeness (QED) is 0.780. The van der Waals surface area contributed by atoms with E-state index < -0.39 is 0 Å². The van der Waals surface area contributed by atoms with Gasteiger partial charge < -0.3 is 9.47 Å². The third-order valence-corrected chi connectivity index (χ3v) is 3.20. The van der Waals surface area contributed by atoms with Gasteiger partial charge in [0.25, 0.3) is 5.56 Å². The van der Waals surface area contributed by atoms with Gasteiger partial charge in [-0.3, -0.25) is 4.79 Å². The van der Waals surface area contributed by atoms with Crippen molar-refractivity contribution in [3.8, 4) is 6.07 Å². The number of nitrogens with zero attached hydrogens (tertiary/aromatic N) is 4. The van der Waals surface area contributed by atoms with Gasteiger partial charge in [-0.15, -0.1) is 0 Å². The number of hydrogen-bond acceptors (Lipinski definition) is 4. The van der Waals surface area contributed by atoms with Crippen molar-refractivity contribution in [2.24, 2.45) is 5.92 Å². The molecule has 0 N–H and O–H groups in total. The van der Waals surface area contributed by atoms with Gasteiger partial charge in [0.2, 0.25) is 0 Å². The molecule has 1 fully saturated rings. The monoisotopic (exact) mass is 232 g/mol. The molecule has 0 amide bonds. The summed E-state index contributed by atoms with van der Waals surface area (Å²) < 4.78 is 1.65. The van der Waals surface area contributed by atoms with Crippen LogP contribution in [0.15, 0.2) is 17.2 Å². The Kier molecular flexibility index (Phi) is 3.43. The number of anilines is 1. The molecule has 1 atom stereocenters. The SMILES string of the molecule is CCn1ccnc(N2CC[C@@H](CC#N)C2)c1=O. The van der Waals surface area contributed by atoms with E-state index in [1.807, 2.05) is 11.8 Å². The second-order valence-corrected chi connectivity index (χ2v) is 4.30. The molecule has 0 aromatic carbocycles. The molecule has 1 aromatic rings. The zero-order chi connectivity index (χ0) is 12.3. The lowest BCUT2D eigenvalue weighted by Gasteiger charge is -2.16. The minimum absolute atomic E-state index is 0.0346. The first-order chi connectivity index (χ1) is 8.26. The van der Waals surface area contributed by atoms with Crippen LogP contribution in [-0.2, 0) is 6.54 Å². The molecule has 2 heterocycles. The first-order valence-electron chi connectivity index (χ1n) is 5.93. The summed E-state index contributed by atoms with van der Waals surface area (Å²) in [6.07, 6.45) is 4.90. The summed E-state index contributed by atoms with van der Waals surface area (Å²) in [5.74, 6) is 0.895. The number of rotatable bonds is 3. The molecule has 1 aliphatic rings. The Labute approximate surface area is 100 Å². The molecule has 0 saturated carbocycles. The van der Waals surface area contributed by atoms with Crippen molar-refractivity contribution in [2.75, 3.05) is 18.0 Å². The average Bonchev–Trinajstić information content (AvgIpc) is 2.78. The largest absolute Gasteiger partial charge is 0.352 e. The van der Waals surface area contributed by atoms with Gasteiger partial charge in [0.1, 0.15) is 0 Å². The van der Waals surface area contributed by atoms with Crippen LogP contribution in [0.25, 0.3) is 0 Å². The maximum atomic E-state index is 12.0. The number of hydrogen-bond donors (Lipinski definition) is 0. The van der Waals surface area contributed by atoms with Crippen molar-refractivity contribution in [3.05, 3.63) is 22.7 Å². The van der Waals surface area contributed by atoms with E-state index >= 15 is 0 Å². The van der Waals surface area contributed by atoms with E-state index in [4.69, 9.17) is 5.26 Å². The van der Waals surface area contributed by atoms with Gasteiger partial charge in [-0.25, -0.2) is 4.98 Å². The standard InChI is InChI=1S/C12H16N4O/c1-2-15-8-6-14-11(12(15)17)16-7-4-10(9-16)3-5-13/h6,8,10H,2-4,7,9H2,1H3/t10-/m1/s1. The number of aryl methyl sites for hydroxylation is 1. The highest BCUT2D eigenvalue weighted by molar-refractivity contribution is 5.37. The highest BCUT2D eigenvalue weighted by atomic mass is 16.1. The van der Waals surface area contributed by atoms with E-state index in [1.165, 1.54) is 0 Å². The van der Waals surface area contributed by atoms with Gasteiger partial charge in [-0.2, -0.15) is 5.26 Å².